The predicted molar refractivity (Wildman–Crippen MR) is 156 cm³/mol. The second kappa shape index (κ2) is 17.0. The number of carbonyl (C=O) groups excluding carboxylic acids is 3. The summed E-state index contributed by atoms with van der Waals surface area (Å²) in [5, 5.41) is 27.2. The fraction of sp³-hybridized carbons (Fsp3) is 0.467. The first-order valence-electron chi connectivity index (χ1n) is 14.0. The molecule has 0 saturated carbocycles. The number of unbranched alkanes of at least 4 members (excludes halogenated alkanes) is 1. The third-order valence-corrected chi connectivity index (χ3v) is 7.00. The molecule has 224 valence electrons. The maximum absolute atomic E-state index is 13.5. The number of hydrogen-bond donors (Lipinski definition) is 7. The second-order valence-corrected chi connectivity index (χ2v) is 10.3. The zero-order valence-corrected chi connectivity index (χ0v) is 23.7. The Morgan fingerprint density at radius 1 is 0.805 bits per heavy atom. The van der Waals surface area contributed by atoms with Crippen LogP contribution in [0.5, 0.6) is 5.75 Å². The number of benzene rings is 2. The predicted octanol–water partition coefficient (Wildman–Crippen LogP) is 1.22. The zero-order chi connectivity index (χ0) is 30.4. The van der Waals surface area contributed by atoms with Crippen molar-refractivity contribution in [2.45, 2.75) is 76.5 Å². The number of rotatable bonds is 17. The highest BCUT2D eigenvalue weighted by Crippen LogP contribution is 2.13. The number of hydrogen-bond acceptors (Lipinski definition) is 7. The number of phenolic OH excluding ortho intramolecular Hbond substituents is 1. The number of amides is 3. The van der Waals surface area contributed by atoms with E-state index < -0.39 is 47.9 Å². The third-order valence-electron chi connectivity index (χ3n) is 7.00. The summed E-state index contributed by atoms with van der Waals surface area (Å²) in [6.45, 7) is 3.96. The first-order valence-corrected chi connectivity index (χ1v) is 14.0. The van der Waals surface area contributed by atoms with Gasteiger partial charge in [-0.25, -0.2) is 4.79 Å². The van der Waals surface area contributed by atoms with Crippen LogP contribution in [0.4, 0.5) is 0 Å². The number of carboxylic acids is 1. The molecule has 2 aromatic carbocycles. The van der Waals surface area contributed by atoms with Crippen LogP contribution in [0.2, 0.25) is 0 Å². The van der Waals surface area contributed by atoms with Crippen LogP contribution >= 0.6 is 0 Å². The van der Waals surface area contributed by atoms with Gasteiger partial charge in [0.15, 0.2) is 0 Å². The minimum Gasteiger partial charge on any atom is -0.508 e. The van der Waals surface area contributed by atoms with Crippen LogP contribution in [0.25, 0.3) is 0 Å². The molecular weight excluding hydrogens is 526 g/mol. The molecule has 0 spiro atoms. The van der Waals surface area contributed by atoms with E-state index in [1.807, 2.05) is 37.3 Å². The van der Waals surface area contributed by atoms with E-state index in [4.69, 9.17) is 11.5 Å². The molecule has 5 unspecified atom stereocenters. The van der Waals surface area contributed by atoms with Gasteiger partial charge in [-0.05, 0) is 61.4 Å². The summed E-state index contributed by atoms with van der Waals surface area (Å²) in [4.78, 5) is 51.6. The maximum atomic E-state index is 13.5. The van der Waals surface area contributed by atoms with E-state index in [2.05, 4.69) is 16.0 Å². The number of phenols is 1. The standard InChI is InChI=1S/C30H43N5O6/c1-3-19(2)26(30(40)41)35-28(38)24(11-7-8-16-31)33-29(39)25(18-20-9-5-4-6-10-20)34-27(37)23(32)17-21-12-14-22(36)15-13-21/h4-6,9-10,12-15,19,23-26,36H,3,7-8,11,16-18,31-32H2,1-2H3,(H,33,39)(H,34,37)(H,35,38)(H,40,41). The Hall–Kier alpha value is -3.96. The summed E-state index contributed by atoms with van der Waals surface area (Å²) in [5.41, 5.74) is 13.3. The van der Waals surface area contributed by atoms with E-state index in [-0.39, 0.29) is 30.9 Å². The summed E-state index contributed by atoms with van der Waals surface area (Å²) in [6, 6.07) is 11.2. The van der Waals surface area contributed by atoms with Gasteiger partial charge in [-0.2, -0.15) is 0 Å². The number of nitrogens with one attached hydrogen (secondary N) is 3. The van der Waals surface area contributed by atoms with Gasteiger partial charge < -0.3 is 37.6 Å². The fourth-order valence-corrected chi connectivity index (χ4v) is 4.29. The molecule has 9 N–H and O–H groups in total. The molecule has 0 aromatic heterocycles. The molecule has 0 bridgehead atoms. The zero-order valence-electron chi connectivity index (χ0n) is 23.7. The Morgan fingerprint density at radius 3 is 1.98 bits per heavy atom. The molecule has 0 aliphatic heterocycles. The van der Waals surface area contributed by atoms with Gasteiger partial charge in [0.2, 0.25) is 17.7 Å². The number of aromatic hydroxyl groups is 1. The Bertz CT molecular complexity index is 1130. The minimum atomic E-state index is -1.16. The first kappa shape index (κ1) is 33.2. The number of nitrogens with two attached hydrogens (primary N) is 2. The van der Waals surface area contributed by atoms with Gasteiger partial charge in [0.1, 0.15) is 23.9 Å². The van der Waals surface area contributed by atoms with Crippen molar-refractivity contribution in [2.75, 3.05) is 6.54 Å². The van der Waals surface area contributed by atoms with Crippen molar-refractivity contribution in [3.8, 4) is 5.75 Å². The van der Waals surface area contributed by atoms with Crippen LogP contribution in [0.1, 0.15) is 50.7 Å². The molecule has 0 aliphatic rings. The number of carbonyl (C=O) groups is 4. The molecular formula is C30H43N5O6. The van der Waals surface area contributed by atoms with Gasteiger partial charge in [0.25, 0.3) is 0 Å². The quantitative estimate of drug-likeness (QED) is 0.138. The Morgan fingerprint density at radius 2 is 1.39 bits per heavy atom. The summed E-state index contributed by atoms with van der Waals surface area (Å²) in [6.07, 6.45) is 2.26. The summed E-state index contributed by atoms with van der Waals surface area (Å²) >= 11 is 0. The van der Waals surface area contributed by atoms with Gasteiger partial charge in [-0.15, -0.1) is 0 Å². The highest BCUT2D eigenvalue weighted by atomic mass is 16.4. The van der Waals surface area contributed by atoms with Crippen molar-refractivity contribution < 1.29 is 29.4 Å². The third kappa shape index (κ3) is 11.2. The normalized spacial score (nSPS) is 14.6. The van der Waals surface area contributed by atoms with E-state index in [1.165, 1.54) is 12.1 Å². The van der Waals surface area contributed by atoms with Crippen LogP contribution in [0, 0.1) is 5.92 Å². The molecule has 5 atom stereocenters. The molecule has 11 nitrogen and oxygen atoms in total. The molecule has 3 amide bonds. The maximum Gasteiger partial charge on any atom is 0.326 e. The minimum absolute atomic E-state index is 0.0928. The van der Waals surface area contributed by atoms with E-state index in [0.717, 1.165) is 11.1 Å². The smallest absolute Gasteiger partial charge is 0.326 e. The SMILES string of the molecule is CCC(C)C(NC(=O)C(CCCCN)NC(=O)C(Cc1ccccc1)NC(=O)C(N)Cc1ccc(O)cc1)C(=O)O. The summed E-state index contributed by atoms with van der Waals surface area (Å²) in [5.74, 6) is -3.15. The average molecular weight is 570 g/mol. The molecule has 0 fully saturated rings. The first-order chi connectivity index (χ1) is 19.5. The van der Waals surface area contributed by atoms with Crippen molar-refractivity contribution in [2.24, 2.45) is 17.4 Å². The Balaban J connectivity index is 2.22. The van der Waals surface area contributed by atoms with Crippen molar-refractivity contribution in [1.29, 1.82) is 0 Å². The molecule has 0 aliphatic carbocycles. The topological polar surface area (TPSA) is 197 Å². The lowest BCUT2D eigenvalue weighted by Crippen LogP contribution is -2.58. The largest absolute Gasteiger partial charge is 0.508 e. The van der Waals surface area contributed by atoms with Gasteiger partial charge in [0, 0.05) is 6.42 Å². The van der Waals surface area contributed by atoms with Crippen LogP contribution in [0.15, 0.2) is 54.6 Å². The van der Waals surface area contributed by atoms with Gasteiger partial charge in [0.05, 0.1) is 6.04 Å². The van der Waals surface area contributed by atoms with E-state index >= 15 is 0 Å². The second-order valence-electron chi connectivity index (χ2n) is 10.3. The Kier molecular flexibility index (Phi) is 13.8. The van der Waals surface area contributed by atoms with E-state index in [9.17, 15) is 29.4 Å². The summed E-state index contributed by atoms with van der Waals surface area (Å²) < 4.78 is 0. The van der Waals surface area contributed by atoms with Crippen LogP contribution in [0.3, 0.4) is 0 Å². The highest BCUT2D eigenvalue weighted by Gasteiger charge is 2.32. The lowest BCUT2D eigenvalue weighted by molar-refractivity contribution is -0.144. The lowest BCUT2D eigenvalue weighted by atomic mass is 9.98. The lowest BCUT2D eigenvalue weighted by Gasteiger charge is -2.26. The molecule has 0 heterocycles. The molecule has 0 radical (unpaired) electrons. The number of aliphatic carboxylic acids is 1. The molecule has 2 rings (SSSR count). The van der Waals surface area contributed by atoms with E-state index in [1.54, 1.807) is 19.1 Å². The van der Waals surface area contributed by atoms with Crippen molar-refractivity contribution in [1.82, 2.24) is 16.0 Å². The number of carboxylic acid groups (broad SMARTS) is 1. The van der Waals surface area contributed by atoms with Gasteiger partial charge in [-0.1, -0.05) is 62.7 Å². The van der Waals surface area contributed by atoms with Gasteiger partial charge in [-0.3, -0.25) is 14.4 Å². The molecule has 0 saturated heterocycles. The van der Waals surface area contributed by atoms with Crippen molar-refractivity contribution >= 4 is 23.7 Å². The monoisotopic (exact) mass is 569 g/mol. The highest BCUT2D eigenvalue weighted by molar-refractivity contribution is 5.94. The van der Waals surface area contributed by atoms with Crippen LogP contribution in [-0.2, 0) is 32.0 Å². The van der Waals surface area contributed by atoms with E-state index in [0.29, 0.717) is 25.8 Å². The Labute approximate surface area is 241 Å². The van der Waals surface area contributed by atoms with Gasteiger partial charge >= 0.3 is 5.97 Å². The van der Waals surface area contributed by atoms with Crippen LogP contribution in [-0.4, -0.2) is 64.6 Å². The van der Waals surface area contributed by atoms with Crippen LogP contribution < -0.4 is 27.4 Å². The molecule has 41 heavy (non-hydrogen) atoms. The molecule has 2 aromatic rings. The fourth-order valence-electron chi connectivity index (χ4n) is 4.29. The summed E-state index contributed by atoms with van der Waals surface area (Å²) in [7, 11) is 0. The van der Waals surface area contributed by atoms with Crippen molar-refractivity contribution in [3.63, 3.8) is 0 Å². The average Bonchev–Trinajstić information content (AvgIpc) is 2.95. The van der Waals surface area contributed by atoms with Crippen molar-refractivity contribution in [3.05, 3.63) is 65.7 Å². The molecule has 11 heteroatoms.